The first-order valence-electron chi connectivity index (χ1n) is 21.8. The number of amides is 5. The van der Waals surface area contributed by atoms with Gasteiger partial charge in [0.1, 0.15) is 23.4 Å². The monoisotopic (exact) mass is 909 g/mol. The molecule has 4 aliphatic heterocycles. The van der Waals surface area contributed by atoms with Crippen molar-refractivity contribution in [2.45, 2.75) is 82.9 Å². The summed E-state index contributed by atoms with van der Waals surface area (Å²) in [6.45, 7) is 9.62. The Kier molecular flexibility index (Phi) is 12.6. The molecule has 1 aromatic heterocycles. The highest BCUT2D eigenvalue weighted by molar-refractivity contribution is 7.94. The van der Waals surface area contributed by atoms with E-state index >= 15 is 4.39 Å². The minimum Gasteiger partial charge on any atom is -0.483 e. The fourth-order valence-electron chi connectivity index (χ4n) is 8.64. The average molecular weight is 910 g/mol. The summed E-state index contributed by atoms with van der Waals surface area (Å²) in [6.07, 6.45) is 4.55. The number of hydrogen-bond acceptors (Lipinski definition) is 13. The first-order valence-corrected chi connectivity index (χ1v) is 23.2. The van der Waals surface area contributed by atoms with E-state index in [1.54, 1.807) is 33.0 Å². The Bertz CT molecular complexity index is 2680. The number of sulfonamides is 1. The molecule has 0 bridgehead atoms. The lowest BCUT2D eigenvalue weighted by atomic mass is 9.89. The number of rotatable bonds is 14. The standard InChI is InChI=1S/C46H52FN9O8S/c1-27-25-49-45(53-41(27)50-31-10-9-29-17-22-55(36(29)24-31)65(62,63)46(2,3)4)51-30-11-12-32(34(47)23-30)28-15-20-54(21-16-28)19-6-18-48-39(58)26-64-37-8-5-7-33-40(37)44(61)56(43(33)60)35-13-14-38(57)52-42(35)59/h5,7-12,23-25,28,35H,6,13-22,26H2,1-4H3,(H,48,58)(H,52,57,59)(H2,49,50,51,53). The summed E-state index contributed by atoms with van der Waals surface area (Å²) in [5, 5.41) is 11.4. The molecule has 1 unspecified atom stereocenters. The van der Waals surface area contributed by atoms with Crippen molar-refractivity contribution in [3.8, 4) is 5.75 Å². The Morgan fingerprint density at radius 1 is 0.938 bits per heavy atom. The second kappa shape index (κ2) is 18.2. The third-order valence-corrected chi connectivity index (χ3v) is 14.8. The van der Waals surface area contributed by atoms with E-state index < -0.39 is 50.3 Å². The first kappa shape index (κ1) is 45.1. The van der Waals surface area contributed by atoms with Crippen LogP contribution in [0, 0.1) is 12.7 Å². The maximum Gasteiger partial charge on any atom is 0.266 e. The van der Waals surface area contributed by atoms with E-state index in [-0.39, 0.29) is 54.0 Å². The number of likely N-dealkylation sites (tertiary alicyclic amines) is 1. The zero-order chi connectivity index (χ0) is 46.2. The van der Waals surface area contributed by atoms with E-state index in [0.717, 1.165) is 48.5 Å². The molecule has 19 heteroatoms. The highest BCUT2D eigenvalue weighted by atomic mass is 32.2. The zero-order valence-corrected chi connectivity index (χ0v) is 37.5. The number of carbonyl (C=O) groups excluding carboxylic acids is 5. The number of aryl methyl sites for hydroxylation is 1. The molecule has 2 saturated heterocycles. The number of piperidine rings is 2. The molecule has 0 radical (unpaired) electrons. The van der Waals surface area contributed by atoms with Crippen LogP contribution in [0.25, 0.3) is 0 Å². The number of imide groups is 2. The van der Waals surface area contributed by atoms with Crippen molar-refractivity contribution >= 4 is 68.4 Å². The third kappa shape index (κ3) is 9.38. The topological polar surface area (TPSA) is 212 Å². The summed E-state index contributed by atoms with van der Waals surface area (Å²) < 4.78 is 48.4. The molecule has 4 aliphatic rings. The van der Waals surface area contributed by atoms with Gasteiger partial charge in [-0.2, -0.15) is 4.98 Å². The van der Waals surface area contributed by atoms with Gasteiger partial charge in [-0.15, -0.1) is 0 Å². The van der Waals surface area contributed by atoms with Gasteiger partial charge in [0.25, 0.3) is 17.7 Å². The lowest BCUT2D eigenvalue weighted by Crippen LogP contribution is -2.54. The molecule has 0 aliphatic carbocycles. The van der Waals surface area contributed by atoms with Gasteiger partial charge in [0.15, 0.2) is 6.61 Å². The number of fused-ring (bicyclic) bond motifs is 2. The van der Waals surface area contributed by atoms with E-state index in [4.69, 9.17) is 4.74 Å². The van der Waals surface area contributed by atoms with Crippen molar-refractivity contribution in [3.05, 3.63) is 94.4 Å². The molecule has 1 atom stereocenters. The van der Waals surface area contributed by atoms with Crippen LogP contribution < -0.4 is 30.3 Å². The lowest BCUT2D eigenvalue weighted by molar-refractivity contribution is -0.136. The van der Waals surface area contributed by atoms with Crippen LogP contribution in [0.5, 0.6) is 5.75 Å². The first-order chi connectivity index (χ1) is 31.0. The van der Waals surface area contributed by atoms with E-state index in [9.17, 15) is 32.4 Å². The van der Waals surface area contributed by atoms with Crippen LogP contribution in [-0.4, -0.2) is 108 Å². The van der Waals surface area contributed by atoms with E-state index in [2.05, 4.69) is 36.1 Å². The molecular formula is C46H52FN9O8S. The van der Waals surface area contributed by atoms with Gasteiger partial charge in [-0.05, 0) is 133 Å². The third-order valence-electron chi connectivity index (χ3n) is 12.3. The fraction of sp³-hybridized carbons (Fsp3) is 0.413. The summed E-state index contributed by atoms with van der Waals surface area (Å²) in [4.78, 5) is 75.2. The Morgan fingerprint density at radius 2 is 1.69 bits per heavy atom. The SMILES string of the molecule is Cc1cnc(Nc2ccc(C3CCN(CCCNC(=O)COc4cccc5c4C(=O)N(C4CCC(=O)NC4=O)C5=O)CC3)c(F)c2)nc1Nc1ccc2c(c1)N(S(=O)(=O)C(C)(C)C)CC2. The predicted molar refractivity (Wildman–Crippen MR) is 241 cm³/mol. The normalized spacial score (nSPS) is 18.1. The van der Waals surface area contributed by atoms with Gasteiger partial charge in [0.05, 0.1) is 21.6 Å². The van der Waals surface area contributed by atoms with Crippen molar-refractivity contribution in [3.63, 3.8) is 0 Å². The minimum atomic E-state index is -3.57. The van der Waals surface area contributed by atoms with Gasteiger partial charge >= 0.3 is 0 Å². The molecule has 17 nitrogen and oxygen atoms in total. The number of hydrogen-bond donors (Lipinski definition) is 4. The maximum absolute atomic E-state index is 15.6. The number of benzene rings is 3. The fourth-order valence-corrected chi connectivity index (χ4v) is 10.1. The highest BCUT2D eigenvalue weighted by Gasteiger charge is 2.46. The van der Waals surface area contributed by atoms with Crippen LogP contribution in [0.4, 0.5) is 33.2 Å². The minimum absolute atomic E-state index is 0.00412. The maximum atomic E-state index is 15.6. The predicted octanol–water partition coefficient (Wildman–Crippen LogP) is 5.07. The molecule has 4 aromatic rings. The van der Waals surface area contributed by atoms with Crippen LogP contribution in [0.15, 0.2) is 60.8 Å². The molecule has 65 heavy (non-hydrogen) atoms. The largest absolute Gasteiger partial charge is 0.483 e. The summed E-state index contributed by atoms with van der Waals surface area (Å²) in [5.41, 5.74) is 4.26. The second-order valence-electron chi connectivity index (χ2n) is 17.7. The summed E-state index contributed by atoms with van der Waals surface area (Å²) in [7, 11) is -3.57. The molecule has 0 saturated carbocycles. The van der Waals surface area contributed by atoms with E-state index in [0.29, 0.717) is 54.4 Å². The molecule has 5 heterocycles. The van der Waals surface area contributed by atoms with Crippen LogP contribution in [0.2, 0.25) is 0 Å². The van der Waals surface area contributed by atoms with Crippen molar-refractivity contribution in [1.29, 1.82) is 0 Å². The van der Waals surface area contributed by atoms with E-state index in [1.807, 2.05) is 31.2 Å². The van der Waals surface area contributed by atoms with Crippen LogP contribution >= 0.6 is 0 Å². The number of nitrogens with zero attached hydrogens (tertiary/aromatic N) is 5. The van der Waals surface area contributed by atoms with Crippen molar-refractivity contribution in [2.75, 3.05) is 54.3 Å². The van der Waals surface area contributed by atoms with Crippen LogP contribution in [0.1, 0.15) is 96.2 Å². The van der Waals surface area contributed by atoms with Crippen molar-refractivity contribution in [2.24, 2.45) is 0 Å². The van der Waals surface area contributed by atoms with Gasteiger partial charge in [0.2, 0.25) is 27.8 Å². The average Bonchev–Trinajstić information content (AvgIpc) is 3.81. The zero-order valence-electron chi connectivity index (χ0n) is 36.7. The number of aromatic nitrogens is 2. The van der Waals surface area contributed by atoms with Gasteiger partial charge < -0.3 is 25.6 Å². The Labute approximate surface area is 376 Å². The summed E-state index contributed by atoms with van der Waals surface area (Å²) in [5.74, 6) is -2.38. The number of ether oxygens (including phenoxy) is 1. The van der Waals surface area contributed by atoms with Gasteiger partial charge in [-0.25, -0.2) is 17.8 Å². The smallest absolute Gasteiger partial charge is 0.266 e. The van der Waals surface area contributed by atoms with Crippen LogP contribution in [0.3, 0.4) is 0 Å². The van der Waals surface area contributed by atoms with Crippen molar-refractivity contribution < 1.29 is 41.5 Å². The molecule has 0 spiro atoms. The number of halogens is 1. The lowest BCUT2D eigenvalue weighted by Gasteiger charge is -2.32. The molecular weight excluding hydrogens is 858 g/mol. The Morgan fingerprint density at radius 3 is 2.43 bits per heavy atom. The van der Waals surface area contributed by atoms with Gasteiger partial charge in [-0.3, -0.25) is 38.5 Å². The molecule has 8 rings (SSSR count). The number of nitrogens with one attached hydrogen (secondary N) is 4. The second-order valence-corrected chi connectivity index (χ2v) is 20.3. The summed E-state index contributed by atoms with van der Waals surface area (Å²) in [6, 6.07) is 14.1. The number of carbonyl (C=O) groups is 5. The quantitative estimate of drug-likeness (QED) is 0.0963. The Balaban J connectivity index is 0.780. The van der Waals surface area contributed by atoms with E-state index in [1.165, 1.54) is 28.6 Å². The highest BCUT2D eigenvalue weighted by Crippen LogP contribution is 2.38. The molecule has 3 aromatic carbocycles. The summed E-state index contributed by atoms with van der Waals surface area (Å²) >= 11 is 0. The molecule has 4 N–H and O–H groups in total. The molecule has 2 fully saturated rings. The van der Waals surface area contributed by atoms with Crippen molar-refractivity contribution in [1.82, 2.24) is 30.4 Å². The molecule has 5 amide bonds. The van der Waals surface area contributed by atoms with Gasteiger partial charge in [-0.1, -0.05) is 18.2 Å². The number of anilines is 5. The van der Waals surface area contributed by atoms with Crippen LogP contribution in [-0.2, 0) is 30.8 Å². The molecule has 342 valence electrons. The Hall–Kier alpha value is -6.47. The van der Waals surface area contributed by atoms with Gasteiger partial charge in [0, 0.05) is 42.6 Å².